The zero-order chi connectivity index (χ0) is 18.2. The first kappa shape index (κ1) is 16.9. The Balaban J connectivity index is 1.87. The largest absolute Gasteiger partial charge is 0.419 e. The van der Waals surface area contributed by atoms with Gasteiger partial charge in [0.1, 0.15) is 11.5 Å². The fourth-order valence-electron chi connectivity index (χ4n) is 2.31. The van der Waals surface area contributed by atoms with Gasteiger partial charge in [0.2, 0.25) is 5.89 Å². The molecule has 0 radical (unpaired) electrons. The minimum Gasteiger partial charge on any atom is -0.419 e. The lowest BCUT2D eigenvalue weighted by Gasteiger charge is -2.10. The molecule has 3 aromatic rings. The van der Waals surface area contributed by atoms with Crippen LogP contribution in [0.4, 0.5) is 13.2 Å². The lowest BCUT2D eigenvalue weighted by molar-refractivity contribution is -0.137. The van der Waals surface area contributed by atoms with Crippen LogP contribution in [-0.2, 0) is 6.18 Å². The number of benzene rings is 1. The number of alkyl halides is 3. The van der Waals surface area contributed by atoms with E-state index in [4.69, 9.17) is 4.42 Å². The molecular weight excluding hydrogens is 337 g/mol. The molecule has 0 fully saturated rings. The molecule has 130 valence electrons. The summed E-state index contributed by atoms with van der Waals surface area (Å²) >= 11 is 0. The molecule has 9 heteroatoms. The fraction of sp³-hybridized carbons (Fsp3) is 0.250. The number of halogens is 3. The van der Waals surface area contributed by atoms with Crippen LogP contribution in [0.3, 0.4) is 0 Å². The minimum absolute atomic E-state index is 0.0722. The van der Waals surface area contributed by atoms with E-state index in [0.717, 1.165) is 12.1 Å². The van der Waals surface area contributed by atoms with Crippen molar-refractivity contribution in [3.05, 3.63) is 63.5 Å². The number of nitrogens with one attached hydrogen (secondary N) is 1. The van der Waals surface area contributed by atoms with E-state index in [9.17, 15) is 18.0 Å². The van der Waals surface area contributed by atoms with E-state index >= 15 is 0 Å². The number of aryl methyl sites for hydroxylation is 1. The van der Waals surface area contributed by atoms with Crippen molar-refractivity contribution in [2.24, 2.45) is 0 Å². The van der Waals surface area contributed by atoms with E-state index in [-0.39, 0.29) is 23.0 Å². The Labute approximate surface area is 139 Å². The molecule has 0 spiro atoms. The Morgan fingerprint density at radius 3 is 2.44 bits per heavy atom. The van der Waals surface area contributed by atoms with Crippen molar-refractivity contribution in [3.63, 3.8) is 0 Å². The molecule has 2 heterocycles. The van der Waals surface area contributed by atoms with Crippen molar-refractivity contribution in [2.75, 3.05) is 0 Å². The smallest absolute Gasteiger partial charge is 0.416 e. The molecule has 1 N–H and O–H groups in total. The monoisotopic (exact) mass is 350 g/mol. The van der Waals surface area contributed by atoms with E-state index in [1.165, 1.54) is 18.2 Å². The molecule has 2 aromatic heterocycles. The summed E-state index contributed by atoms with van der Waals surface area (Å²) in [5, 5.41) is 7.77. The molecule has 0 amide bonds. The van der Waals surface area contributed by atoms with Crippen LogP contribution in [0.1, 0.15) is 35.7 Å². The SMILES string of the molecule is Cc1nc(-c2nnc([C@H](C)c3ccc(C(F)(F)F)cc3)o2)cc(=O)[nH]1. The molecule has 1 atom stereocenters. The number of aromatic amines is 1. The van der Waals surface area contributed by atoms with E-state index in [0.29, 0.717) is 11.4 Å². The second-order valence-corrected chi connectivity index (χ2v) is 5.50. The van der Waals surface area contributed by atoms with Gasteiger partial charge in [-0.05, 0) is 31.5 Å². The van der Waals surface area contributed by atoms with Crippen LogP contribution in [0.5, 0.6) is 0 Å². The molecule has 6 nitrogen and oxygen atoms in total. The number of aromatic nitrogens is 4. The van der Waals surface area contributed by atoms with Crippen molar-refractivity contribution in [3.8, 4) is 11.6 Å². The Morgan fingerprint density at radius 1 is 1.16 bits per heavy atom. The number of hydrogen-bond acceptors (Lipinski definition) is 5. The molecule has 0 aliphatic heterocycles. The second-order valence-electron chi connectivity index (χ2n) is 5.50. The second kappa shape index (κ2) is 6.15. The third-order valence-electron chi connectivity index (χ3n) is 3.63. The van der Waals surface area contributed by atoms with Crippen LogP contribution in [0.2, 0.25) is 0 Å². The summed E-state index contributed by atoms with van der Waals surface area (Å²) in [4.78, 5) is 18.1. The summed E-state index contributed by atoms with van der Waals surface area (Å²) in [7, 11) is 0. The molecule has 0 saturated carbocycles. The summed E-state index contributed by atoms with van der Waals surface area (Å²) in [6.07, 6.45) is -4.39. The first-order valence-corrected chi connectivity index (χ1v) is 7.33. The lowest BCUT2D eigenvalue weighted by Crippen LogP contribution is -2.08. The number of H-pyrrole nitrogens is 1. The molecule has 0 unspecified atom stereocenters. The van der Waals surface area contributed by atoms with Gasteiger partial charge < -0.3 is 9.40 Å². The highest BCUT2D eigenvalue weighted by Crippen LogP contribution is 2.31. The normalized spacial score (nSPS) is 13.0. The van der Waals surface area contributed by atoms with Gasteiger partial charge in [0, 0.05) is 6.07 Å². The summed E-state index contributed by atoms with van der Waals surface area (Å²) in [5.41, 5.74) is -0.242. The van der Waals surface area contributed by atoms with Gasteiger partial charge in [-0.1, -0.05) is 12.1 Å². The summed E-state index contributed by atoms with van der Waals surface area (Å²) in [6.45, 7) is 3.35. The third kappa shape index (κ3) is 3.59. The van der Waals surface area contributed by atoms with E-state index in [1.807, 2.05) is 0 Å². The fourth-order valence-corrected chi connectivity index (χ4v) is 2.31. The van der Waals surface area contributed by atoms with Crippen molar-refractivity contribution in [2.45, 2.75) is 25.9 Å². The van der Waals surface area contributed by atoms with Crippen LogP contribution in [-0.4, -0.2) is 20.2 Å². The Bertz CT molecular complexity index is 945. The summed E-state index contributed by atoms with van der Waals surface area (Å²) in [5.74, 6) is 0.280. The summed E-state index contributed by atoms with van der Waals surface area (Å²) in [6, 6.07) is 5.97. The predicted octanol–water partition coefficient (Wildman–Crippen LogP) is 3.30. The van der Waals surface area contributed by atoms with Gasteiger partial charge >= 0.3 is 6.18 Å². The van der Waals surface area contributed by atoms with E-state index in [1.54, 1.807) is 13.8 Å². The lowest BCUT2D eigenvalue weighted by atomic mass is 10.00. The highest BCUT2D eigenvalue weighted by atomic mass is 19.4. The quantitative estimate of drug-likeness (QED) is 0.783. The van der Waals surface area contributed by atoms with Gasteiger partial charge in [0.05, 0.1) is 11.5 Å². The number of hydrogen-bond donors (Lipinski definition) is 1. The van der Waals surface area contributed by atoms with E-state index < -0.39 is 17.7 Å². The maximum atomic E-state index is 12.6. The van der Waals surface area contributed by atoms with Crippen molar-refractivity contribution in [1.29, 1.82) is 0 Å². The van der Waals surface area contributed by atoms with Crippen molar-refractivity contribution in [1.82, 2.24) is 20.2 Å². The predicted molar refractivity (Wildman–Crippen MR) is 81.8 cm³/mol. The summed E-state index contributed by atoms with van der Waals surface area (Å²) < 4.78 is 43.4. The Morgan fingerprint density at radius 2 is 1.84 bits per heavy atom. The zero-order valence-corrected chi connectivity index (χ0v) is 13.3. The van der Waals surface area contributed by atoms with E-state index in [2.05, 4.69) is 20.2 Å². The third-order valence-corrected chi connectivity index (χ3v) is 3.63. The average Bonchev–Trinajstić information content (AvgIpc) is 3.02. The maximum Gasteiger partial charge on any atom is 0.416 e. The number of rotatable bonds is 3. The molecule has 0 aliphatic carbocycles. The topological polar surface area (TPSA) is 84.7 Å². The molecular formula is C16H13F3N4O2. The Hall–Kier alpha value is -2.97. The molecule has 25 heavy (non-hydrogen) atoms. The molecule has 3 rings (SSSR count). The van der Waals surface area contributed by atoms with Gasteiger partial charge in [-0.15, -0.1) is 10.2 Å². The Kier molecular flexibility index (Phi) is 4.15. The van der Waals surface area contributed by atoms with Gasteiger partial charge in [0.25, 0.3) is 11.4 Å². The first-order chi connectivity index (χ1) is 11.7. The average molecular weight is 350 g/mol. The van der Waals surface area contributed by atoms with Crippen LogP contribution < -0.4 is 5.56 Å². The molecule has 0 saturated heterocycles. The minimum atomic E-state index is -4.39. The number of nitrogens with zero attached hydrogens (tertiary/aromatic N) is 3. The van der Waals surface area contributed by atoms with Gasteiger partial charge in [0.15, 0.2) is 0 Å². The van der Waals surface area contributed by atoms with Crippen LogP contribution in [0.25, 0.3) is 11.6 Å². The highest BCUT2D eigenvalue weighted by molar-refractivity contribution is 5.45. The highest BCUT2D eigenvalue weighted by Gasteiger charge is 2.30. The van der Waals surface area contributed by atoms with Gasteiger partial charge in [-0.3, -0.25) is 4.79 Å². The standard InChI is InChI=1S/C16H13F3N4O2/c1-8(10-3-5-11(6-4-10)16(17,18)19)14-22-23-15(25-14)12-7-13(24)21-9(2)20-12/h3-8H,1-2H3,(H,20,21,24)/t8-/m1/s1. The maximum absolute atomic E-state index is 12.6. The molecule has 0 aliphatic rings. The van der Waals surface area contributed by atoms with Crippen LogP contribution >= 0.6 is 0 Å². The molecule has 0 bridgehead atoms. The zero-order valence-electron chi connectivity index (χ0n) is 13.3. The molecule has 1 aromatic carbocycles. The van der Waals surface area contributed by atoms with Crippen LogP contribution in [0, 0.1) is 6.92 Å². The van der Waals surface area contributed by atoms with Crippen LogP contribution in [0.15, 0.2) is 39.5 Å². The van der Waals surface area contributed by atoms with Gasteiger partial charge in [-0.2, -0.15) is 13.2 Å². The van der Waals surface area contributed by atoms with Crippen molar-refractivity contribution >= 4 is 0 Å². The van der Waals surface area contributed by atoms with Gasteiger partial charge in [-0.25, -0.2) is 4.98 Å². The first-order valence-electron chi connectivity index (χ1n) is 7.33. The van der Waals surface area contributed by atoms with Crippen molar-refractivity contribution < 1.29 is 17.6 Å².